The molecule has 0 fully saturated rings. The molecule has 0 radical (unpaired) electrons. The fourth-order valence-electron chi connectivity index (χ4n) is 1.79. The number of hydrogen-bond donors (Lipinski definition) is 2. The van der Waals surface area contributed by atoms with Crippen molar-refractivity contribution in [3.8, 4) is 0 Å². The summed E-state index contributed by atoms with van der Waals surface area (Å²) in [5, 5.41) is 2.91. The topological polar surface area (TPSA) is 58.4 Å². The Hall–Kier alpha value is -2.08. The normalized spacial score (nSPS) is 10.3. The van der Waals surface area contributed by atoms with E-state index in [0.717, 1.165) is 0 Å². The van der Waals surface area contributed by atoms with Gasteiger partial charge in [-0.05, 0) is 36.4 Å². The number of nitrogens with two attached hydrogens (primary N) is 1. The third-order valence-electron chi connectivity index (χ3n) is 2.91. The van der Waals surface area contributed by atoms with Crippen LogP contribution in [0.4, 0.5) is 21.5 Å². The average Bonchev–Trinajstić information content (AvgIpc) is 2.43. The molecule has 0 spiro atoms. The fraction of sp³-hybridized carbons (Fsp3) is 0.133. The molecule has 0 saturated carbocycles. The third-order valence-corrected chi connectivity index (χ3v) is 3.40. The number of rotatable bonds is 3. The summed E-state index contributed by atoms with van der Waals surface area (Å²) >= 11 is 3.20. The number of nitrogens with one attached hydrogen (secondary N) is 1. The highest BCUT2D eigenvalue weighted by molar-refractivity contribution is 9.10. The number of carbonyl (C=O) groups is 1. The SMILES string of the molecule is CN(C)C(=O)c1ccc(N)c(Nc2ccc(Br)cc2F)c1. The monoisotopic (exact) mass is 351 g/mol. The largest absolute Gasteiger partial charge is 0.397 e. The predicted octanol–water partition coefficient (Wildman–Crippen LogP) is 3.62. The first kappa shape index (κ1) is 15.3. The van der Waals surface area contributed by atoms with E-state index in [9.17, 15) is 9.18 Å². The van der Waals surface area contributed by atoms with Crippen molar-refractivity contribution in [1.29, 1.82) is 0 Å². The molecule has 0 heterocycles. The highest BCUT2D eigenvalue weighted by Crippen LogP contribution is 2.27. The molecule has 3 N–H and O–H groups in total. The summed E-state index contributed by atoms with van der Waals surface area (Å²) < 4.78 is 14.5. The van der Waals surface area contributed by atoms with Crippen molar-refractivity contribution >= 4 is 38.9 Å². The standard InChI is InChI=1S/C15H15BrFN3O/c1-20(2)15(21)9-3-5-12(18)14(7-9)19-13-6-4-10(16)8-11(13)17/h3-8,19H,18H2,1-2H3. The highest BCUT2D eigenvalue weighted by atomic mass is 79.9. The summed E-state index contributed by atoms with van der Waals surface area (Å²) in [7, 11) is 3.33. The van der Waals surface area contributed by atoms with Crippen LogP contribution in [0.15, 0.2) is 40.9 Å². The zero-order chi connectivity index (χ0) is 15.6. The van der Waals surface area contributed by atoms with Crippen LogP contribution in [0.1, 0.15) is 10.4 Å². The van der Waals surface area contributed by atoms with Gasteiger partial charge in [0.1, 0.15) is 5.82 Å². The minimum atomic E-state index is -0.409. The maximum atomic E-state index is 13.8. The molecule has 110 valence electrons. The molecule has 0 bridgehead atoms. The second-order valence-corrected chi connectivity index (χ2v) is 5.67. The van der Waals surface area contributed by atoms with E-state index in [-0.39, 0.29) is 5.91 Å². The summed E-state index contributed by atoms with van der Waals surface area (Å²) in [5.74, 6) is -0.553. The second-order valence-electron chi connectivity index (χ2n) is 4.75. The quantitative estimate of drug-likeness (QED) is 0.830. The number of anilines is 3. The average molecular weight is 352 g/mol. The van der Waals surface area contributed by atoms with Crippen molar-refractivity contribution in [1.82, 2.24) is 4.90 Å². The molecule has 0 atom stereocenters. The number of benzene rings is 2. The Labute approximate surface area is 130 Å². The first-order valence-corrected chi connectivity index (χ1v) is 7.01. The van der Waals surface area contributed by atoms with Crippen LogP contribution in [0, 0.1) is 5.82 Å². The van der Waals surface area contributed by atoms with Gasteiger partial charge in [-0.2, -0.15) is 0 Å². The fourth-order valence-corrected chi connectivity index (χ4v) is 2.12. The first-order valence-electron chi connectivity index (χ1n) is 6.21. The molecular weight excluding hydrogens is 337 g/mol. The summed E-state index contributed by atoms with van der Waals surface area (Å²) in [4.78, 5) is 13.4. The molecule has 2 aromatic carbocycles. The molecule has 1 amide bonds. The Morgan fingerprint density at radius 3 is 2.52 bits per heavy atom. The Morgan fingerprint density at radius 2 is 1.90 bits per heavy atom. The predicted molar refractivity (Wildman–Crippen MR) is 86.3 cm³/mol. The van der Waals surface area contributed by atoms with Crippen LogP contribution >= 0.6 is 15.9 Å². The molecule has 21 heavy (non-hydrogen) atoms. The number of nitrogens with zero attached hydrogens (tertiary/aromatic N) is 1. The minimum absolute atomic E-state index is 0.144. The van der Waals surface area contributed by atoms with Crippen LogP contribution < -0.4 is 11.1 Å². The van der Waals surface area contributed by atoms with Crippen molar-refractivity contribution in [2.45, 2.75) is 0 Å². The number of carbonyl (C=O) groups excluding carboxylic acids is 1. The van der Waals surface area contributed by atoms with Gasteiger partial charge in [0, 0.05) is 24.1 Å². The van der Waals surface area contributed by atoms with Crippen LogP contribution in [0.2, 0.25) is 0 Å². The number of nitrogen functional groups attached to an aromatic ring is 1. The minimum Gasteiger partial charge on any atom is -0.397 e. The lowest BCUT2D eigenvalue weighted by Crippen LogP contribution is -2.21. The first-order chi connectivity index (χ1) is 9.88. The Morgan fingerprint density at radius 1 is 1.19 bits per heavy atom. The molecule has 0 aliphatic heterocycles. The number of halogens is 2. The van der Waals surface area contributed by atoms with Crippen LogP contribution in [-0.2, 0) is 0 Å². The molecule has 0 unspecified atom stereocenters. The van der Waals surface area contributed by atoms with E-state index in [2.05, 4.69) is 21.2 Å². The number of amides is 1. The van der Waals surface area contributed by atoms with Gasteiger partial charge >= 0.3 is 0 Å². The molecule has 4 nitrogen and oxygen atoms in total. The second kappa shape index (κ2) is 6.13. The van der Waals surface area contributed by atoms with Crippen LogP contribution in [0.5, 0.6) is 0 Å². The Balaban J connectivity index is 2.35. The molecule has 2 aromatic rings. The van der Waals surface area contributed by atoms with Crippen LogP contribution in [-0.4, -0.2) is 24.9 Å². The molecule has 0 saturated heterocycles. The lowest BCUT2D eigenvalue weighted by Gasteiger charge is -2.14. The molecular formula is C15H15BrFN3O. The van der Waals surface area contributed by atoms with E-state index in [4.69, 9.17) is 5.73 Å². The smallest absolute Gasteiger partial charge is 0.253 e. The Kier molecular flexibility index (Phi) is 4.47. The maximum absolute atomic E-state index is 13.8. The van der Waals surface area contributed by atoms with Gasteiger partial charge in [0.15, 0.2) is 0 Å². The third kappa shape index (κ3) is 3.52. The van der Waals surface area contributed by atoms with E-state index >= 15 is 0 Å². The van der Waals surface area contributed by atoms with Gasteiger partial charge in [0.25, 0.3) is 5.91 Å². The van der Waals surface area contributed by atoms with Crippen molar-refractivity contribution in [3.05, 3.63) is 52.3 Å². The maximum Gasteiger partial charge on any atom is 0.253 e. The van der Waals surface area contributed by atoms with Gasteiger partial charge in [0.2, 0.25) is 0 Å². The molecule has 0 aromatic heterocycles. The van der Waals surface area contributed by atoms with Crippen molar-refractivity contribution in [2.24, 2.45) is 0 Å². The van der Waals surface area contributed by atoms with Gasteiger partial charge in [-0.15, -0.1) is 0 Å². The molecule has 6 heteroatoms. The van der Waals surface area contributed by atoms with Gasteiger partial charge < -0.3 is 16.0 Å². The Bertz CT molecular complexity index is 689. The molecule has 2 rings (SSSR count). The van der Waals surface area contributed by atoms with Gasteiger partial charge in [-0.1, -0.05) is 15.9 Å². The van der Waals surface area contributed by atoms with E-state index in [0.29, 0.717) is 27.1 Å². The van der Waals surface area contributed by atoms with E-state index in [1.165, 1.54) is 11.0 Å². The summed E-state index contributed by atoms with van der Waals surface area (Å²) in [6, 6.07) is 9.54. The summed E-state index contributed by atoms with van der Waals surface area (Å²) in [6.07, 6.45) is 0. The van der Waals surface area contributed by atoms with Gasteiger partial charge in [-0.3, -0.25) is 4.79 Å². The van der Waals surface area contributed by atoms with Crippen LogP contribution in [0.25, 0.3) is 0 Å². The highest BCUT2D eigenvalue weighted by Gasteiger charge is 2.11. The van der Waals surface area contributed by atoms with Gasteiger partial charge in [-0.25, -0.2) is 4.39 Å². The molecule has 0 aliphatic rings. The van der Waals surface area contributed by atoms with Crippen molar-refractivity contribution in [3.63, 3.8) is 0 Å². The molecule has 0 aliphatic carbocycles. The van der Waals surface area contributed by atoms with Crippen molar-refractivity contribution < 1.29 is 9.18 Å². The summed E-state index contributed by atoms with van der Waals surface area (Å²) in [6.45, 7) is 0. The van der Waals surface area contributed by atoms with Crippen molar-refractivity contribution in [2.75, 3.05) is 25.1 Å². The zero-order valence-corrected chi connectivity index (χ0v) is 13.2. The lowest BCUT2D eigenvalue weighted by molar-refractivity contribution is 0.0827. The number of hydrogen-bond acceptors (Lipinski definition) is 3. The van der Waals surface area contributed by atoms with Crippen LogP contribution in [0.3, 0.4) is 0 Å². The van der Waals surface area contributed by atoms with E-state index < -0.39 is 5.82 Å². The lowest BCUT2D eigenvalue weighted by atomic mass is 10.1. The van der Waals surface area contributed by atoms with E-state index in [1.807, 2.05) is 0 Å². The summed E-state index contributed by atoms with van der Waals surface area (Å²) in [5.41, 5.74) is 7.57. The van der Waals surface area contributed by atoms with Gasteiger partial charge in [0.05, 0.1) is 17.1 Å². The van der Waals surface area contributed by atoms with E-state index in [1.54, 1.807) is 44.4 Å². The zero-order valence-electron chi connectivity index (χ0n) is 11.7.